The number of rotatable bonds is 8. The Morgan fingerprint density at radius 2 is 1.01 bits per heavy atom. The molecule has 16 rings (SSSR count). The molecule has 2 aromatic heterocycles. The first-order chi connectivity index (χ1) is 47.6. The minimum Gasteiger partial charge on any atom is -0.457 e. The second-order valence-electron chi connectivity index (χ2n) is 29.6. The van der Waals surface area contributed by atoms with Gasteiger partial charge in [0.05, 0.1) is 37.6 Å². The van der Waals surface area contributed by atoms with E-state index in [2.05, 4.69) is 244 Å². The summed E-state index contributed by atoms with van der Waals surface area (Å²) in [5.41, 5.74) is 22.9. The van der Waals surface area contributed by atoms with Gasteiger partial charge >= 0.3 is 0 Å². The third-order valence-electron chi connectivity index (χ3n) is 20.4. The lowest BCUT2D eigenvalue weighted by Crippen LogP contribution is -2.40. The third kappa shape index (κ3) is 9.28. The first-order valence-corrected chi connectivity index (χ1v) is 32.9. The average molecular weight is 1230 g/mol. The average Bonchev–Trinajstić information content (AvgIpc) is 1.59. The number of hydrogen-bond acceptors (Lipinski definition) is 4. The number of aromatic nitrogens is 2. The van der Waals surface area contributed by atoms with Gasteiger partial charge in [-0.05, 0) is 161 Å². The molecule has 0 saturated heterocycles. The molecule has 0 N–H and O–H groups in total. The minimum absolute atomic E-state index is 0.0777. The summed E-state index contributed by atoms with van der Waals surface area (Å²) in [6.45, 7) is 22.7. The van der Waals surface area contributed by atoms with Crippen LogP contribution in [0.2, 0.25) is 0 Å². The van der Waals surface area contributed by atoms with E-state index in [0.717, 1.165) is 66.7 Å². The normalized spacial score (nSPS) is 15.5. The van der Waals surface area contributed by atoms with E-state index >= 15 is 0 Å². The highest BCUT2D eigenvalue weighted by molar-refractivity contribution is 6.09. The van der Waals surface area contributed by atoms with Gasteiger partial charge in [-0.15, -0.1) is 0 Å². The molecular weight excluding hydrogens is 1140 g/mol. The van der Waals surface area contributed by atoms with Crippen molar-refractivity contribution in [3.63, 3.8) is 0 Å². The lowest BCUT2D eigenvalue weighted by Gasteiger charge is -2.46. The molecule has 11 aromatic carbocycles. The van der Waals surface area contributed by atoms with Crippen molar-refractivity contribution in [2.24, 2.45) is 0 Å². The van der Waals surface area contributed by atoms with E-state index in [0.29, 0.717) is 28.3 Å². The Balaban J connectivity index is 0.845. The van der Waals surface area contributed by atoms with Crippen LogP contribution in [0.5, 0.6) is 11.5 Å². The van der Waals surface area contributed by atoms with Gasteiger partial charge in [0.15, 0.2) is 0 Å². The summed E-state index contributed by atoms with van der Waals surface area (Å²) in [5.74, 6) is 0.918. The number of hydrogen-bond donors (Lipinski definition) is 0. The number of anilines is 4. The SMILES string of the molecule is [2H]c1c(Oc2ccc3c4ccccc4n(-c4cc(C([2H])([2H])[2H])c(-c5ccc(C(C)(C)C)cc5)cn4)c3c2)cc(N2CN(c3c(-c4cc(C(C)(C)C)cc(C(C)(C)C)c4)cccc3-c3ccc4c(c3)C3(c5ccccc5-4)c4ccccc4C(C)(C)c4ccccc43)c3ccccc32)c([2H])c1[2H]. The Morgan fingerprint density at radius 1 is 0.436 bits per heavy atom. The Labute approximate surface area is 563 Å². The Kier molecular flexibility index (Phi) is 11.9. The molecule has 2 aliphatic carbocycles. The summed E-state index contributed by atoms with van der Waals surface area (Å²) in [6.07, 6.45) is 1.66. The summed E-state index contributed by atoms with van der Waals surface area (Å²) in [4.78, 5) is 9.49. The van der Waals surface area contributed by atoms with Crippen molar-refractivity contribution < 1.29 is 13.0 Å². The van der Waals surface area contributed by atoms with Crippen LogP contribution in [0.15, 0.2) is 255 Å². The van der Waals surface area contributed by atoms with Gasteiger partial charge in [0.2, 0.25) is 0 Å². The molecule has 13 aromatic rings. The first-order valence-electron chi connectivity index (χ1n) is 35.9. The Bertz CT molecular complexity index is 5440. The summed E-state index contributed by atoms with van der Waals surface area (Å²) in [5, 5.41) is 1.83. The lowest BCUT2D eigenvalue weighted by molar-refractivity contribution is 0.483. The molecule has 0 radical (unpaired) electrons. The van der Waals surface area contributed by atoms with E-state index in [4.69, 9.17) is 13.8 Å². The van der Waals surface area contributed by atoms with Gasteiger partial charge in [-0.25, -0.2) is 4.98 Å². The van der Waals surface area contributed by atoms with Gasteiger partial charge in [-0.3, -0.25) is 4.57 Å². The Hall–Kier alpha value is -10.2. The van der Waals surface area contributed by atoms with Gasteiger partial charge in [0, 0.05) is 61.0 Å². The van der Waals surface area contributed by atoms with Gasteiger partial charge < -0.3 is 14.5 Å². The summed E-state index contributed by atoms with van der Waals surface area (Å²) < 4.78 is 64.2. The molecule has 0 unspecified atom stereocenters. The van der Waals surface area contributed by atoms with E-state index < -0.39 is 12.3 Å². The number of benzene rings is 11. The summed E-state index contributed by atoms with van der Waals surface area (Å²) in [6, 6.07) is 81.1. The number of para-hydroxylation sites is 4. The molecule has 0 fully saturated rings. The molecule has 0 amide bonds. The highest BCUT2D eigenvalue weighted by Crippen LogP contribution is 2.63. The number of ether oxygens (including phenoxy) is 1. The largest absolute Gasteiger partial charge is 0.457 e. The van der Waals surface area contributed by atoms with Gasteiger partial charge in [0.25, 0.3) is 0 Å². The van der Waals surface area contributed by atoms with Crippen LogP contribution in [0, 0.1) is 6.85 Å². The highest BCUT2D eigenvalue weighted by atomic mass is 16.5. The molecule has 3 heterocycles. The highest BCUT2D eigenvalue weighted by Gasteiger charge is 2.53. The van der Waals surface area contributed by atoms with Crippen LogP contribution in [0.4, 0.5) is 22.7 Å². The van der Waals surface area contributed by atoms with Gasteiger partial charge in [-0.1, -0.05) is 258 Å². The number of nitrogens with zero attached hydrogens (tertiary/aromatic N) is 4. The van der Waals surface area contributed by atoms with Crippen LogP contribution in [-0.4, -0.2) is 16.2 Å². The monoisotopic (exact) mass is 1230 g/mol. The zero-order chi connectivity index (χ0) is 69.9. The van der Waals surface area contributed by atoms with E-state index in [1.807, 2.05) is 65.2 Å². The molecule has 0 atom stereocenters. The fraction of sp³-hybridized carbons (Fsp3) is 0.202. The van der Waals surface area contributed by atoms with Crippen molar-refractivity contribution in [2.75, 3.05) is 16.5 Å². The molecule has 5 nitrogen and oxygen atoms in total. The molecule has 1 aliphatic heterocycles. The van der Waals surface area contributed by atoms with E-state index in [1.54, 1.807) is 18.3 Å². The Morgan fingerprint density at radius 3 is 1.69 bits per heavy atom. The van der Waals surface area contributed by atoms with Crippen molar-refractivity contribution in [2.45, 2.75) is 110 Å². The van der Waals surface area contributed by atoms with Crippen molar-refractivity contribution in [3.05, 3.63) is 310 Å². The van der Waals surface area contributed by atoms with Crippen LogP contribution in [0.3, 0.4) is 0 Å². The summed E-state index contributed by atoms with van der Waals surface area (Å²) in [7, 11) is 0. The number of fused-ring (bicyclic) bond motifs is 13. The molecule has 3 aliphatic rings. The van der Waals surface area contributed by atoms with Crippen LogP contribution in [-0.2, 0) is 27.1 Å². The molecule has 5 heteroatoms. The fourth-order valence-electron chi connectivity index (χ4n) is 15.5. The predicted octanol–water partition coefficient (Wildman–Crippen LogP) is 23.4. The maximum absolute atomic E-state index is 9.84. The smallest absolute Gasteiger partial charge is 0.137 e. The van der Waals surface area contributed by atoms with Crippen LogP contribution >= 0.6 is 0 Å². The predicted molar refractivity (Wildman–Crippen MR) is 394 cm³/mol. The minimum atomic E-state index is -2.47. The van der Waals surface area contributed by atoms with E-state index in [9.17, 15) is 4.11 Å². The molecule has 0 saturated carbocycles. The summed E-state index contributed by atoms with van der Waals surface area (Å²) >= 11 is 0. The van der Waals surface area contributed by atoms with Gasteiger partial charge in [-0.2, -0.15) is 0 Å². The standard InChI is InChI=1S/C89H80N4O/c1-56-47-83(90-54-72(56)57-39-42-60(43-40-57)85(2,3)4)93-79-36-20-14-28-70(79)71-46-44-65(53-82(71)93)94-64-26-23-25-63(52-64)91-55-92(81-38-22-21-37-80(81)91)84-66(29-24-30-67(84)59-48-61(86(5,6)7)51-62(49-59)87(8,9)10)58-41-45-69-68-27-13-15-31-73(68)89(78(69)50-58)76-34-18-16-32-74(76)88(11,12)75-33-17-19-35-77(75)89/h13-54H,55H2,1-12H3/i1D3,23D,25D,26D. The third-order valence-corrected chi connectivity index (χ3v) is 20.4. The van der Waals surface area contributed by atoms with Crippen LogP contribution in [0.1, 0.15) is 140 Å². The van der Waals surface area contributed by atoms with E-state index in [1.165, 1.54) is 55.6 Å². The second kappa shape index (κ2) is 21.4. The zero-order valence-corrected chi connectivity index (χ0v) is 55.4. The van der Waals surface area contributed by atoms with E-state index in [-0.39, 0.29) is 57.8 Å². The molecule has 462 valence electrons. The van der Waals surface area contributed by atoms with Crippen molar-refractivity contribution in [3.8, 4) is 61.8 Å². The second-order valence-corrected chi connectivity index (χ2v) is 29.6. The van der Waals surface area contributed by atoms with Gasteiger partial charge in [0.1, 0.15) is 24.0 Å². The molecule has 0 bridgehead atoms. The van der Waals surface area contributed by atoms with Crippen LogP contribution in [0.25, 0.3) is 72.1 Å². The first kappa shape index (κ1) is 52.3. The van der Waals surface area contributed by atoms with Crippen molar-refractivity contribution in [1.82, 2.24) is 9.55 Å². The molecule has 1 spiro atoms. The number of pyridine rings is 1. The topological polar surface area (TPSA) is 33.5 Å². The molecule has 94 heavy (non-hydrogen) atoms. The van der Waals surface area contributed by atoms with Crippen molar-refractivity contribution in [1.29, 1.82) is 0 Å². The zero-order valence-electron chi connectivity index (χ0n) is 61.4. The maximum atomic E-state index is 9.84. The maximum Gasteiger partial charge on any atom is 0.137 e. The van der Waals surface area contributed by atoms with Crippen LogP contribution < -0.4 is 14.5 Å². The fourth-order valence-corrected chi connectivity index (χ4v) is 15.5. The molecular formula is C89H80N4O. The lowest BCUT2D eigenvalue weighted by atomic mass is 9.55. The number of aryl methyl sites for hydroxylation is 1. The quantitative estimate of drug-likeness (QED) is 0.152. The van der Waals surface area contributed by atoms with Crippen molar-refractivity contribution >= 4 is 44.6 Å².